The van der Waals surface area contributed by atoms with Crippen LogP contribution in [0.3, 0.4) is 0 Å². The van der Waals surface area contributed by atoms with Crippen molar-refractivity contribution in [2.45, 2.75) is 59.4 Å². The number of aliphatic hydroxyl groups excluding tert-OH is 1. The molecule has 2 amide bonds. The highest BCUT2D eigenvalue weighted by Gasteiger charge is 2.75. The molecule has 0 aromatic heterocycles. The molecule has 2 aromatic rings. The Kier molecular flexibility index (Phi) is 7.54. The fourth-order valence-electron chi connectivity index (χ4n) is 7.24. The monoisotopic (exact) mass is 688 g/mol. The van der Waals surface area contributed by atoms with Crippen molar-refractivity contribution in [2.75, 3.05) is 0 Å². The number of allylic oxidation sites excluding steroid dienone is 2. The van der Waals surface area contributed by atoms with Gasteiger partial charge >= 0.3 is 11.9 Å². The third kappa shape index (κ3) is 4.77. The molecule has 0 radical (unpaired) electrons. The molecule has 2 aromatic carbocycles. The zero-order chi connectivity index (χ0) is 32.3. The average molecular weight is 689 g/mol. The third-order valence-electron chi connectivity index (χ3n) is 9.28. The Labute approximate surface area is 281 Å². The number of benzene rings is 2. The number of aliphatic hydroxyl groups is 1. The average Bonchev–Trinajstić information content (AvgIpc) is 3.44. The van der Waals surface area contributed by atoms with Gasteiger partial charge < -0.3 is 29.1 Å². The van der Waals surface area contributed by atoms with Gasteiger partial charge in [0.05, 0.1) is 31.0 Å². The maximum Gasteiger partial charge on any atom is 0.340 e. The van der Waals surface area contributed by atoms with Crippen LogP contribution in [0.2, 0.25) is 0 Å². The Morgan fingerprint density at radius 2 is 1.49 bits per heavy atom. The molecule has 1 aliphatic carbocycles. The predicted octanol–water partition coefficient (Wildman–Crippen LogP) is 4.36. The summed E-state index contributed by atoms with van der Waals surface area (Å²) in [4.78, 5) is 56.7. The van der Waals surface area contributed by atoms with Crippen LogP contribution in [-0.4, -0.2) is 72.7 Å². The molecule has 9 rings (SSSR count). The van der Waals surface area contributed by atoms with Gasteiger partial charge in [0.2, 0.25) is 0 Å². The van der Waals surface area contributed by atoms with E-state index in [-0.39, 0.29) is 31.1 Å². The van der Waals surface area contributed by atoms with E-state index >= 15 is 0 Å². The van der Waals surface area contributed by atoms with Crippen molar-refractivity contribution in [3.05, 3.63) is 120 Å². The molecule has 47 heavy (non-hydrogen) atoms. The van der Waals surface area contributed by atoms with Crippen LogP contribution in [0.4, 0.5) is 0 Å². The molecular weight excluding hydrogens is 661 g/mol. The largest absolute Gasteiger partial charge is 0.473 e. The predicted molar refractivity (Wildman–Crippen MR) is 176 cm³/mol. The van der Waals surface area contributed by atoms with Gasteiger partial charge in [0.1, 0.15) is 12.2 Å². The normalized spacial score (nSPS) is 32.1. The number of amides is 2. The van der Waals surface area contributed by atoms with Crippen molar-refractivity contribution in [1.29, 1.82) is 0 Å². The van der Waals surface area contributed by atoms with Crippen molar-refractivity contribution in [2.24, 2.45) is 0 Å². The van der Waals surface area contributed by atoms with Crippen LogP contribution in [-0.2, 0) is 39.8 Å². The van der Waals surface area contributed by atoms with Gasteiger partial charge in [0.25, 0.3) is 11.8 Å². The van der Waals surface area contributed by atoms with Gasteiger partial charge in [-0.05, 0) is 65.8 Å². The number of carbonyl (C=O) groups is 4. The summed E-state index contributed by atoms with van der Waals surface area (Å²) in [7, 11) is 4.01. The van der Waals surface area contributed by atoms with E-state index in [2.05, 4.69) is 0 Å². The maximum absolute atomic E-state index is 14.9. The summed E-state index contributed by atoms with van der Waals surface area (Å²) in [5.41, 5.74) is 2.63. The summed E-state index contributed by atoms with van der Waals surface area (Å²) < 4.78 is 17.5. The van der Waals surface area contributed by atoms with Crippen molar-refractivity contribution >= 4 is 55.2 Å². The standard InChI is InChI=1S/C34H28N2O8S3/c37-26(16-20-8-3-1-4-9-20)43-24-13-7-12-22-17-33-31(40)36-28-23(18-34(36,46-47-45-33)32(41)35(33)27(22)24)19-42-15-14-25(28)44-30(39)29(38)21-10-5-2-6-11-21/h1-15,19,24-25,27-29,38H,16-18H2. The Hall–Kier alpha value is -3.91. The van der Waals surface area contributed by atoms with Gasteiger partial charge in [-0.2, -0.15) is 0 Å². The van der Waals surface area contributed by atoms with Crippen LogP contribution < -0.4 is 0 Å². The van der Waals surface area contributed by atoms with Crippen LogP contribution in [0, 0.1) is 0 Å². The summed E-state index contributed by atoms with van der Waals surface area (Å²) in [6.45, 7) is 0. The molecule has 2 spiro atoms. The van der Waals surface area contributed by atoms with E-state index < -0.39 is 52.1 Å². The number of rotatable bonds is 6. The van der Waals surface area contributed by atoms with Crippen LogP contribution in [0.1, 0.15) is 30.1 Å². The molecule has 5 saturated heterocycles. The second kappa shape index (κ2) is 11.7. The second-order valence-corrected chi connectivity index (χ2v) is 16.5. The number of hydrogen-bond acceptors (Lipinski definition) is 11. The molecule has 6 aliphatic heterocycles. The molecule has 1 N–H and O–H groups in total. The van der Waals surface area contributed by atoms with Gasteiger partial charge in [-0.15, -0.1) is 0 Å². The number of ether oxygens (including phenoxy) is 3. The van der Waals surface area contributed by atoms with Crippen LogP contribution >= 0.6 is 31.4 Å². The van der Waals surface area contributed by atoms with E-state index in [1.54, 1.807) is 46.2 Å². The number of hydrogen-bond donors (Lipinski definition) is 1. The quantitative estimate of drug-likeness (QED) is 0.344. The van der Waals surface area contributed by atoms with Gasteiger partial charge in [0.15, 0.2) is 15.8 Å². The first-order valence-electron chi connectivity index (χ1n) is 15.1. The fourth-order valence-corrected chi connectivity index (χ4v) is 13.2. The summed E-state index contributed by atoms with van der Waals surface area (Å²) >= 11 is 0. The lowest BCUT2D eigenvalue weighted by molar-refractivity contribution is -0.173. The Balaban J connectivity index is 1.11. The van der Waals surface area contributed by atoms with Gasteiger partial charge in [0, 0.05) is 12.8 Å². The van der Waals surface area contributed by atoms with Gasteiger partial charge in [-0.1, -0.05) is 72.8 Å². The third-order valence-corrected chi connectivity index (χ3v) is 14.3. The first kappa shape index (κ1) is 30.4. The van der Waals surface area contributed by atoms with E-state index in [0.717, 1.165) is 11.1 Å². The number of fused-ring (bicyclic) bond motifs is 4. The molecule has 7 unspecified atom stereocenters. The highest BCUT2D eigenvalue weighted by atomic mass is 33.5. The van der Waals surface area contributed by atoms with E-state index in [0.29, 0.717) is 11.1 Å². The Morgan fingerprint density at radius 3 is 2.19 bits per heavy atom. The summed E-state index contributed by atoms with van der Waals surface area (Å²) in [5.74, 6) is -1.88. The van der Waals surface area contributed by atoms with E-state index in [9.17, 15) is 24.3 Å². The molecule has 5 fully saturated rings. The molecule has 2 bridgehead atoms. The zero-order valence-corrected chi connectivity index (χ0v) is 27.1. The van der Waals surface area contributed by atoms with Crippen LogP contribution in [0.5, 0.6) is 0 Å². The molecule has 0 saturated carbocycles. The van der Waals surface area contributed by atoms with Gasteiger partial charge in [-0.25, -0.2) is 4.79 Å². The topological polar surface area (TPSA) is 123 Å². The number of nitrogens with zero attached hydrogens (tertiary/aromatic N) is 2. The molecule has 6 heterocycles. The summed E-state index contributed by atoms with van der Waals surface area (Å²) in [5, 5.41) is 10.8. The molecule has 7 aliphatic rings. The van der Waals surface area contributed by atoms with Crippen molar-refractivity contribution in [1.82, 2.24) is 9.80 Å². The maximum atomic E-state index is 14.9. The number of esters is 2. The first-order chi connectivity index (χ1) is 22.8. The molecule has 7 atom stereocenters. The lowest BCUT2D eigenvalue weighted by atomic mass is 9.96. The van der Waals surface area contributed by atoms with Crippen LogP contribution in [0.15, 0.2) is 109 Å². The smallest absolute Gasteiger partial charge is 0.340 e. The second-order valence-electron chi connectivity index (χ2n) is 12.0. The van der Waals surface area contributed by atoms with Crippen molar-refractivity contribution in [3.8, 4) is 0 Å². The molecular formula is C34H28N2O8S3. The summed E-state index contributed by atoms with van der Waals surface area (Å²) in [6.07, 6.45) is 7.02. The van der Waals surface area contributed by atoms with E-state index in [1.807, 2.05) is 42.5 Å². The zero-order valence-electron chi connectivity index (χ0n) is 24.7. The van der Waals surface area contributed by atoms with E-state index in [4.69, 9.17) is 14.2 Å². The molecule has 10 nitrogen and oxygen atoms in total. The van der Waals surface area contributed by atoms with E-state index in [1.165, 1.54) is 50.0 Å². The fraction of sp³-hybridized carbons (Fsp3) is 0.294. The molecule has 240 valence electrons. The SMILES string of the molecule is O=C(Cc1ccccc1)OC1C=CC=C2CC34SSSC5(CC6=COC=CC(OC(=O)C(O)c7ccccc7)C6N5C3=O)C(=O)N4C21. The lowest BCUT2D eigenvalue weighted by Crippen LogP contribution is -2.73. The summed E-state index contributed by atoms with van der Waals surface area (Å²) in [6, 6.07) is 16.3. The minimum atomic E-state index is -1.54. The number of piperazine rings is 1. The number of carbonyl (C=O) groups excluding carboxylic acids is 4. The highest BCUT2D eigenvalue weighted by Crippen LogP contribution is 2.69. The minimum Gasteiger partial charge on any atom is -0.473 e. The Bertz CT molecular complexity index is 1780. The highest BCUT2D eigenvalue weighted by molar-refractivity contribution is 9.10. The van der Waals surface area contributed by atoms with Crippen LogP contribution in [0.25, 0.3) is 0 Å². The molecule has 13 heteroatoms. The van der Waals surface area contributed by atoms with Crippen molar-refractivity contribution in [3.63, 3.8) is 0 Å². The lowest BCUT2D eigenvalue weighted by Gasteiger charge is -2.51. The van der Waals surface area contributed by atoms with Gasteiger partial charge in [-0.3, -0.25) is 14.4 Å². The minimum absolute atomic E-state index is 0.0789. The first-order valence-corrected chi connectivity index (χ1v) is 18.6. The Morgan fingerprint density at radius 1 is 0.872 bits per heavy atom. The van der Waals surface area contributed by atoms with Crippen molar-refractivity contribution < 1.29 is 38.5 Å².